The Balaban J connectivity index is 1.60. The second-order valence-electron chi connectivity index (χ2n) is 6.51. The van der Waals surface area contributed by atoms with Gasteiger partial charge in [-0.25, -0.2) is 4.98 Å². The molecule has 0 aliphatic heterocycles. The predicted octanol–water partition coefficient (Wildman–Crippen LogP) is 4.33. The van der Waals surface area contributed by atoms with Crippen molar-refractivity contribution in [3.63, 3.8) is 0 Å². The fourth-order valence-corrected chi connectivity index (χ4v) is 3.99. The average Bonchev–Trinajstić information content (AvgIpc) is 2.77. The van der Waals surface area contributed by atoms with Crippen molar-refractivity contribution < 1.29 is 4.79 Å². The highest BCUT2D eigenvalue weighted by Gasteiger charge is 2.14. The van der Waals surface area contributed by atoms with Gasteiger partial charge in [-0.1, -0.05) is 45.9 Å². The van der Waals surface area contributed by atoms with Gasteiger partial charge in [-0.05, 0) is 48.0 Å². The predicted molar refractivity (Wildman–Crippen MR) is 123 cm³/mol. The Morgan fingerprint density at radius 3 is 2.63 bits per heavy atom. The van der Waals surface area contributed by atoms with Crippen LogP contribution in [0.25, 0.3) is 10.9 Å². The summed E-state index contributed by atoms with van der Waals surface area (Å²) in [7, 11) is 0. The van der Waals surface area contributed by atoms with Crippen LogP contribution in [0.5, 0.6) is 0 Å². The third kappa shape index (κ3) is 4.77. The largest absolute Gasteiger partial charge is 0.325 e. The van der Waals surface area contributed by atoms with Gasteiger partial charge >= 0.3 is 0 Å². The molecule has 0 saturated carbocycles. The topological polar surface area (TPSA) is 76.9 Å². The number of rotatable bonds is 6. The van der Waals surface area contributed by atoms with Crippen LogP contribution in [-0.4, -0.2) is 26.2 Å². The van der Waals surface area contributed by atoms with E-state index in [1.54, 1.807) is 29.1 Å². The van der Waals surface area contributed by atoms with E-state index in [0.29, 0.717) is 28.3 Å². The molecule has 0 saturated heterocycles. The molecular weight excluding hydrogens is 464 g/mol. The first-order valence-electron chi connectivity index (χ1n) is 9.17. The normalized spacial score (nSPS) is 10.8. The van der Waals surface area contributed by atoms with Crippen LogP contribution in [-0.2, 0) is 11.3 Å². The number of fused-ring (bicyclic) bond motifs is 1. The number of halogens is 1. The van der Waals surface area contributed by atoms with E-state index in [4.69, 9.17) is 0 Å². The lowest BCUT2D eigenvalue weighted by Gasteiger charge is -2.13. The van der Waals surface area contributed by atoms with Crippen molar-refractivity contribution in [2.24, 2.45) is 0 Å². The van der Waals surface area contributed by atoms with E-state index in [1.165, 1.54) is 11.8 Å². The SMILES string of the molecule is O=C(CSc1nc2ccccc2c(=O)n1Cc1cccnc1)Nc1ccc(Br)cc1. The summed E-state index contributed by atoms with van der Waals surface area (Å²) in [5.74, 6) is -0.0360. The van der Waals surface area contributed by atoms with Crippen molar-refractivity contribution in [3.8, 4) is 0 Å². The number of nitrogens with zero attached hydrogens (tertiary/aromatic N) is 3. The van der Waals surface area contributed by atoms with Gasteiger partial charge < -0.3 is 5.32 Å². The second kappa shape index (κ2) is 9.23. The average molecular weight is 481 g/mol. The molecule has 0 unspecified atom stereocenters. The fourth-order valence-electron chi connectivity index (χ4n) is 2.93. The number of hydrogen-bond acceptors (Lipinski definition) is 5. The zero-order chi connectivity index (χ0) is 20.9. The number of thioether (sulfide) groups is 1. The molecule has 0 aliphatic rings. The van der Waals surface area contributed by atoms with Gasteiger partial charge in [0, 0.05) is 22.6 Å². The number of hydrogen-bond donors (Lipinski definition) is 1. The van der Waals surface area contributed by atoms with Crippen molar-refractivity contribution in [2.75, 3.05) is 11.1 Å². The van der Waals surface area contributed by atoms with Gasteiger partial charge in [0.05, 0.1) is 23.2 Å². The maximum atomic E-state index is 13.1. The standard InChI is InChI=1S/C22H17BrN4O2S/c23-16-7-9-17(10-8-16)25-20(28)14-30-22-26-19-6-2-1-5-18(19)21(29)27(22)13-15-4-3-11-24-12-15/h1-12H,13-14H2,(H,25,28). The Morgan fingerprint density at radius 1 is 1.07 bits per heavy atom. The van der Waals surface area contributed by atoms with Gasteiger partial charge in [0.15, 0.2) is 5.16 Å². The van der Waals surface area contributed by atoms with E-state index in [0.717, 1.165) is 10.0 Å². The fraction of sp³-hybridized carbons (Fsp3) is 0.0909. The Kier molecular flexibility index (Phi) is 6.25. The summed E-state index contributed by atoms with van der Waals surface area (Å²) >= 11 is 4.61. The molecule has 0 aliphatic carbocycles. The molecule has 30 heavy (non-hydrogen) atoms. The Hall–Kier alpha value is -2.97. The summed E-state index contributed by atoms with van der Waals surface area (Å²) in [5.41, 5.74) is 2.07. The minimum atomic E-state index is -0.169. The number of pyridine rings is 1. The first kappa shape index (κ1) is 20.3. The summed E-state index contributed by atoms with van der Waals surface area (Å²) in [6, 6.07) is 18.3. The lowest BCUT2D eigenvalue weighted by atomic mass is 10.2. The van der Waals surface area contributed by atoms with E-state index in [2.05, 4.69) is 31.2 Å². The highest BCUT2D eigenvalue weighted by atomic mass is 79.9. The zero-order valence-electron chi connectivity index (χ0n) is 15.8. The van der Waals surface area contributed by atoms with Crippen molar-refractivity contribution in [1.29, 1.82) is 0 Å². The van der Waals surface area contributed by atoms with Crippen molar-refractivity contribution >= 4 is 50.2 Å². The van der Waals surface area contributed by atoms with Gasteiger partial charge in [0.2, 0.25) is 5.91 Å². The molecule has 4 rings (SSSR count). The zero-order valence-corrected chi connectivity index (χ0v) is 18.2. The maximum Gasteiger partial charge on any atom is 0.262 e. The number of nitrogens with one attached hydrogen (secondary N) is 1. The monoisotopic (exact) mass is 480 g/mol. The van der Waals surface area contributed by atoms with E-state index in [1.807, 2.05) is 48.5 Å². The lowest BCUT2D eigenvalue weighted by molar-refractivity contribution is -0.113. The number of benzene rings is 2. The van der Waals surface area contributed by atoms with E-state index >= 15 is 0 Å². The maximum absolute atomic E-state index is 13.1. The van der Waals surface area contributed by atoms with Gasteiger partial charge in [-0.3, -0.25) is 19.1 Å². The quantitative estimate of drug-likeness (QED) is 0.328. The minimum Gasteiger partial charge on any atom is -0.325 e. The molecule has 0 spiro atoms. The molecule has 2 heterocycles. The van der Waals surface area contributed by atoms with Crippen LogP contribution in [0, 0.1) is 0 Å². The smallest absolute Gasteiger partial charge is 0.262 e. The van der Waals surface area contributed by atoms with E-state index in [9.17, 15) is 9.59 Å². The molecule has 4 aromatic rings. The summed E-state index contributed by atoms with van der Waals surface area (Å²) in [6.07, 6.45) is 3.41. The molecule has 0 fully saturated rings. The van der Waals surface area contributed by atoms with Gasteiger partial charge in [-0.2, -0.15) is 0 Å². The molecule has 150 valence electrons. The number of amides is 1. The lowest BCUT2D eigenvalue weighted by Crippen LogP contribution is -2.25. The van der Waals surface area contributed by atoms with Crippen LogP contribution < -0.4 is 10.9 Å². The first-order valence-corrected chi connectivity index (χ1v) is 10.9. The van der Waals surface area contributed by atoms with Crippen molar-refractivity contribution in [3.05, 3.63) is 93.4 Å². The number of carbonyl (C=O) groups excluding carboxylic acids is 1. The molecule has 2 aromatic carbocycles. The molecule has 6 nitrogen and oxygen atoms in total. The second-order valence-corrected chi connectivity index (χ2v) is 8.37. The summed E-state index contributed by atoms with van der Waals surface area (Å²) < 4.78 is 2.53. The molecule has 1 N–H and O–H groups in total. The summed E-state index contributed by atoms with van der Waals surface area (Å²) in [4.78, 5) is 34.3. The molecule has 1 amide bonds. The highest BCUT2D eigenvalue weighted by molar-refractivity contribution is 9.10. The molecule has 0 radical (unpaired) electrons. The van der Waals surface area contributed by atoms with Crippen molar-refractivity contribution in [2.45, 2.75) is 11.7 Å². The van der Waals surface area contributed by atoms with Crippen LogP contribution >= 0.6 is 27.7 Å². The van der Waals surface area contributed by atoms with Crippen LogP contribution in [0.3, 0.4) is 0 Å². The van der Waals surface area contributed by atoms with Crippen LogP contribution in [0.15, 0.2) is 87.5 Å². The summed E-state index contributed by atoms with van der Waals surface area (Å²) in [6.45, 7) is 0.334. The number of anilines is 1. The Labute approximate surface area is 185 Å². The minimum absolute atomic E-state index is 0.133. The van der Waals surface area contributed by atoms with Crippen LogP contribution in [0.2, 0.25) is 0 Å². The molecule has 0 atom stereocenters. The van der Waals surface area contributed by atoms with Gasteiger partial charge in [-0.15, -0.1) is 0 Å². The van der Waals surface area contributed by atoms with Gasteiger partial charge in [0.1, 0.15) is 0 Å². The van der Waals surface area contributed by atoms with Crippen LogP contribution in [0.1, 0.15) is 5.56 Å². The first-order chi connectivity index (χ1) is 14.6. The third-order valence-electron chi connectivity index (χ3n) is 4.35. The highest BCUT2D eigenvalue weighted by Crippen LogP contribution is 2.20. The molecular formula is C22H17BrN4O2S. The summed E-state index contributed by atoms with van der Waals surface area (Å²) in [5, 5.41) is 3.89. The number of aromatic nitrogens is 3. The van der Waals surface area contributed by atoms with E-state index < -0.39 is 0 Å². The number of carbonyl (C=O) groups is 1. The molecule has 8 heteroatoms. The van der Waals surface area contributed by atoms with Gasteiger partial charge in [0.25, 0.3) is 5.56 Å². The molecule has 2 aromatic heterocycles. The van der Waals surface area contributed by atoms with Crippen LogP contribution in [0.4, 0.5) is 5.69 Å². The Bertz CT molecular complexity index is 1240. The van der Waals surface area contributed by atoms with Crippen molar-refractivity contribution in [1.82, 2.24) is 14.5 Å². The molecule has 0 bridgehead atoms. The third-order valence-corrected chi connectivity index (χ3v) is 5.86. The van der Waals surface area contributed by atoms with E-state index in [-0.39, 0.29) is 17.2 Å². The Morgan fingerprint density at radius 2 is 1.87 bits per heavy atom. The number of para-hydroxylation sites is 1.